The van der Waals surface area contributed by atoms with E-state index in [9.17, 15) is 0 Å². The third-order valence-corrected chi connectivity index (χ3v) is 5.03. The molecule has 2 unspecified atom stereocenters. The predicted molar refractivity (Wildman–Crippen MR) is 105 cm³/mol. The molecule has 0 amide bonds. The fourth-order valence-corrected chi connectivity index (χ4v) is 3.56. The molecule has 0 N–H and O–H groups in total. The molecule has 0 saturated heterocycles. The lowest BCUT2D eigenvalue weighted by Gasteiger charge is -2.20. The zero-order valence-corrected chi connectivity index (χ0v) is 16.9. The Hall–Kier alpha value is -0.0400. The van der Waals surface area contributed by atoms with E-state index in [0.29, 0.717) is 0 Å². The molecule has 23 heavy (non-hydrogen) atoms. The van der Waals surface area contributed by atoms with Crippen LogP contribution in [0.3, 0.4) is 0 Å². The van der Waals surface area contributed by atoms with E-state index in [1.54, 1.807) is 0 Å². The molecule has 0 aromatic rings. The summed E-state index contributed by atoms with van der Waals surface area (Å²) in [6, 6.07) is 0. The van der Waals surface area contributed by atoms with E-state index >= 15 is 0 Å². The summed E-state index contributed by atoms with van der Waals surface area (Å²) < 4.78 is 6.18. The summed E-state index contributed by atoms with van der Waals surface area (Å²) in [7, 11) is 0. The highest BCUT2D eigenvalue weighted by Gasteiger charge is 2.11. The Morgan fingerprint density at radius 2 is 0.913 bits per heavy atom. The first kappa shape index (κ1) is 23.0. The maximum absolute atomic E-state index is 6.18. The number of ether oxygens (including phenoxy) is 1. The summed E-state index contributed by atoms with van der Waals surface area (Å²) in [5, 5.41) is 0. The van der Waals surface area contributed by atoms with Gasteiger partial charge in [0.15, 0.2) is 0 Å². The summed E-state index contributed by atoms with van der Waals surface area (Å²) in [6.07, 6.45) is 19.2. The molecule has 0 aromatic carbocycles. The highest BCUT2D eigenvalue weighted by Crippen LogP contribution is 2.20. The van der Waals surface area contributed by atoms with Crippen LogP contribution in [-0.2, 0) is 4.74 Å². The van der Waals surface area contributed by atoms with Crippen molar-refractivity contribution in [3.63, 3.8) is 0 Å². The van der Waals surface area contributed by atoms with E-state index in [-0.39, 0.29) is 0 Å². The second-order valence-corrected chi connectivity index (χ2v) is 7.55. The van der Waals surface area contributed by atoms with Crippen LogP contribution < -0.4 is 0 Å². The predicted octanol–water partition coefficient (Wildman–Crippen LogP) is 7.78. The molecule has 0 fully saturated rings. The van der Waals surface area contributed by atoms with E-state index in [1.807, 2.05) is 0 Å². The molecular weight excluding hydrogens is 280 g/mol. The molecule has 0 heterocycles. The minimum atomic E-state index is 0.805. The summed E-state index contributed by atoms with van der Waals surface area (Å²) in [5.74, 6) is 1.61. The van der Waals surface area contributed by atoms with Gasteiger partial charge >= 0.3 is 0 Å². The average Bonchev–Trinajstić information content (AvgIpc) is 2.55. The molecule has 140 valence electrons. The molecule has 0 spiro atoms. The normalized spacial score (nSPS) is 14.1. The van der Waals surface area contributed by atoms with Crippen molar-refractivity contribution in [2.45, 2.75) is 118 Å². The van der Waals surface area contributed by atoms with Crippen molar-refractivity contribution in [3.8, 4) is 0 Å². The van der Waals surface area contributed by atoms with Gasteiger partial charge in [-0.15, -0.1) is 0 Å². The fourth-order valence-electron chi connectivity index (χ4n) is 3.56. The number of hydrogen-bond acceptors (Lipinski definition) is 1. The highest BCUT2D eigenvalue weighted by atomic mass is 16.5. The van der Waals surface area contributed by atoms with Crippen molar-refractivity contribution in [3.05, 3.63) is 0 Å². The lowest BCUT2D eigenvalue weighted by molar-refractivity contribution is 0.0597. The Morgan fingerprint density at radius 1 is 0.478 bits per heavy atom. The molecular formula is C22H46O. The Labute approximate surface area is 148 Å². The maximum Gasteiger partial charge on any atom is 0.0494 e. The second-order valence-electron chi connectivity index (χ2n) is 7.55. The minimum Gasteiger partial charge on any atom is -0.381 e. The van der Waals surface area contributed by atoms with Gasteiger partial charge in [-0.3, -0.25) is 0 Å². The van der Waals surface area contributed by atoms with Gasteiger partial charge in [-0.1, -0.05) is 91.9 Å². The van der Waals surface area contributed by atoms with Crippen LogP contribution in [0.25, 0.3) is 0 Å². The number of rotatable bonds is 18. The first-order valence-corrected chi connectivity index (χ1v) is 10.9. The van der Waals surface area contributed by atoms with E-state index in [0.717, 1.165) is 25.0 Å². The van der Waals surface area contributed by atoms with Crippen LogP contribution >= 0.6 is 0 Å². The van der Waals surface area contributed by atoms with Crippen molar-refractivity contribution in [1.82, 2.24) is 0 Å². The smallest absolute Gasteiger partial charge is 0.0494 e. The van der Waals surface area contributed by atoms with E-state index < -0.39 is 0 Å². The van der Waals surface area contributed by atoms with Gasteiger partial charge in [0.25, 0.3) is 0 Å². The molecule has 0 rings (SSSR count). The maximum atomic E-state index is 6.18. The van der Waals surface area contributed by atoms with Crippen molar-refractivity contribution >= 4 is 0 Å². The van der Waals surface area contributed by atoms with Crippen LogP contribution in [0.1, 0.15) is 118 Å². The molecule has 0 aromatic heterocycles. The quantitative estimate of drug-likeness (QED) is 0.234. The van der Waals surface area contributed by atoms with E-state index in [1.165, 1.54) is 89.9 Å². The van der Waals surface area contributed by atoms with Gasteiger partial charge in [0.05, 0.1) is 0 Å². The van der Waals surface area contributed by atoms with Crippen LogP contribution in [0.4, 0.5) is 0 Å². The molecule has 1 nitrogen and oxygen atoms in total. The summed E-state index contributed by atoms with van der Waals surface area (Å²) >= 11 is 0. The Balaban J connectivity index is 3.89. The zero-order valence-electron chi connectivity index (χ0n) is 16.9. The number of unbranched alkanes of at least 4 members (excludes halogenated alkanes) is 6. The molecule has 0 saturated carbocycles. The lowest BCUT2D eigenvalue weighted by Crippen LogP contribution is -2.15. The monoisotopic (exact) mass is 326 g/mol. The van der Waals surface area contributed by atoms with Crippen molar-refractivity contribution in [2.75, 3.05) is 13.2 Å². The van der Waals surface area contributed by atoms with Crippen LogP contribution in [-0.4, -0.2) is 13.2 Å². The third-order valence-electron chi connectivity index (χ3n) is 5.03. The minimum absolute atomic E-state index is 0.805. The van der Waals surface area contributed by atoms with Gasteiger partial charge in [-0.25, -0.2) is 0 Å². The molecule has 1 heteroatoms. The van der Waals surface area contributed by atoms with Crippen molar-refractivity contribution in [2.24, 2.45) is 11.8 Å². The lowest BCUT2D eigenvalue weighted by atomic mass is 9.96. The number of hydrogen-bond donors (Lipinski definition) is 0. The van der Waals surface area contributed by atoms with E-state index in [4.69, 9.17) is 4.74 Å². The molecule has 0 aliphatic rings. The zero-order chi connectivity index (χ0) is 17.2. The average molecular weight is 327 g/mol. The summed E-state index contributed by atoms with van der Waals surface area (Å²) in [6.45, 7) is 11.2. The summed E-state index contributed by atoms with van der Waals surface area (Å²) in [4.78, 5) is 0. The van der Waals surface area contributed by atoms with Crippen molar-refractivity contribution in [1.29, 1.82) is 0 Å². The molecule has 0 radical (unpaired) electrons. The van der Waals surface area contributed by atoms with Crippen LogP contribution in [0.2, 0.25) is 0 Å². The Bertz CT molecular complexity index is 192. The van der Waals surface area contributed by atoms with E-state index in [2.05, 4.69) is 27.7 Å². The first-order valence-electron chi connectivity index (χ1n) is 10.9. The Morgan fingerprint density at radius 3 is 1.26 bits per heavy atom. The van der Waals surface area contributed by atoms with Gasteiger partial charge in [-0.2, -0.15) is 0 Å². The van der Waals surface area contributed by atoms with Crippen LogP contribution in [0.5, 0.6) is 0 Å². The van der Waals surface area contributed by atoms with Crippen LogP contribution in [0, 0.1) is 11.8 Å². The summed E-state index contributed by atoms with van der Waals surface area (Å²) in [5.41, 5.74) is 0. The van der Waals surface area contributed by atoms with Gasteiger partial charge in [0, 0.05) is 13.2 Å². The fraction of sp³-hybridized carbons (Fsp3) is 1.00. The van der Waals surface area contributed by atoms with Gasteiger partial charge in [0.1, 0.15) is 0 Å². The largest absolute Gasteiger partial charge is 0.381 e. The second kappa shape index (κ2) is 18.3. The van der Waals surface area contributed by atoms with Crippen LogP contribution in [0.15, 0.2) is 0 Å². The third kappa shape index (κ3) is 15.2. The SMILES string of the molecule is CCCCCCC(CCC)COCC(CCC)CCCCCC. The van der Waals surface area contributed by atoms with Crippen molar-refractivity contribution < 1.29 is 4.74 Å². The molecule has 2 atom stereocenters. The first-order chi connectivity index (χ1) is 11.3. The molecule has 0 aliphatic heterocycles. The standard InChI is InChI=1S/C22H46O/c1-5-9-11-13-17-21(15-7-3)19-23-20-22(16-8-4)18-14-12-10-6-2/h21-22H,5-20H2,1-4H3. The Kier molecular flexibility index (Phi) is 18.3. The molecule has 0 aliphatic carbocycles. The highest BCUT2D eigenvalue weighted by molar-refractivity contribution is 4.62. The van der Waals surface area contributed by atoms with Gasteiger partial charge in [-0.05, 0) is 37.5 Å². The van der Waals surface area contributed by atoms with Gasteiger partial charge < -0.3 is 4.74 Å². The topological polar surface area (TPSA) is 9.23 Å². The van der Waals surface area contributed by atoms with Gasteiger partial charge in [0.2, 0.25) is 0 Å². The molecule has 0 bridgehead atoms.